The molecule has 29 heavy (non-hydrogen) atoms. The number of rotatable bonds is 3. The molecule has 1 saturated heterocycles. The van der Waals surface area contributed by atoms with Gasteiger partial charge in [-0.3, -0.25) is 9.59 Å². The van der Waals surface area contributed by atoms with Crippen molar-refractivity contribution in [1.29, 1.82) is 0 Å². The van der Waals surface area contributed by atoms with Gasteiger partial charge in [0.25, 0.3) is 11.8 Å². The van der Waals surface area contributed by atoms with E-state index in [9.17, 15) is 9.59 Å². The second-order valence-electron chi connectivity index (χ2n) is 8.74. The molecule has 5 nitrogen and oxygen atoms in total. The average Bonchev–Trinajstić information content (AvgIpc) is 3.14. The maximum Gasteiger partial charge on any atom is 0.251 e. The van der Waals surface area contributed by atoms with Crippen LogP contribution in [0.1, 0.15) is 43.9 Å². The Morgan fingerprint density at radius 1 is 1.17 bits per heavy atom. The summed E-state index contributed by atoms with van der Waals surface area (Å²) in [6.45, 7) is 6.25. The van der Waals surface area contributed by atoms with E-state index >= 15 is 0 Å². The normalized spacial score (nSPS) is 21.9. The predicted molar refractivity (Wildman–Crippen MR) is 112 cm³/mol. The van der Waals surface area contributed by atoms with Gasteiger partial charge < -0.3 is 15.0 Å². The van der Waals surface area contributed by atoms with E-state index in [4.69, 9.17) is 4.74 Å². The summed E-state index contributed by atoms with van der Waals surface area (Å²) in [6, 6.07) is 15.5. The van der Waals surface area contributed by atoms with Crippen LogP contribution in [0.15, 0.2) is 54.1 Å². The number of hydrogen-bond acceptors (Lipinski definition) is 3. The van der Waals surface area contributed by atoms with Crippen molar-refractivity contribution in [1.82, 2.24) is 10.2 Å². The van der Waals surface area contributed by atoms with Crippen LogP contribution in [0.5, 0.6) is 5.75 Å². The number of hydrogen-bond donors (Lipinski definition) is 1. The van der Waals surface area contributed by atoms with Crippen molar-refractivity contribution in [2.75, 3.05) is 7.11 Å². The van der Waals surface area contributed by atoms with Gasteiger partial charge in [0.2, 0.25) is 0 Å². The lowest BCUT2D eigenvalue weighted by Crippen LogP contribution is -2.55. The van der Waals surface area contributed by atoms with Crippen LogP contribution >= 0.6 is 0 Å². The van der Waals surface area contributed by atoms with Crippen molar-refractivity contribution in [3.63, 3.8) is 0 Å². The molecular formula is C24H26N2O3. The highest BCUT2D eigenvalue weighted by Crippen LogP contribution is 2.50. The Balaban J connectivity index is 1.82. The topological polar surface area (TPSA) is 58.6 Å². The smallest absolute Gasteiger partial charge is 0.251 e. The van der Waals surface area contributed by atoms with Crippen LogP contribution in [0.25, 0.3) is 6.08 Å². The van der Waals surface area contributed by atoms with Crippen LogP contribution in [-0.4, -0.2) is 29.4 Å². The number of ether oxygens (including phenoxy) is 1. The van der Waals surface area contributed by atoms with Gasteiger partial charge in [-0.25, -0.2) is 0 Å². The van der Waals surface area contributed by atoms with Crippen molar-refractivity contribution < 1.29 is 14.3 Å². The minimum atomic E-state index is -1.02. The average molecular weight is 390 g/mol. The molecule has 2 aromatic rings. The summed E-state index contributed by atoms with van der Waals surface area (Å²) in [4.78, 5) is 28.6. The number of carbonyl (C=O) groups is 2. The molecule has 1 fully saturated rings. The van der Waals surface area contributed by atoms with E-state index in [1.165, 1.54) is 0 Å². The number of amides is 2. The van der Waals surface area contributed by atoms with Gasteiger partial charge in [0, 0.05) is 24.1 Å². The molecule has 2 amide bonds. The first-order chi connectivity index (χ1) is 13.7. The first kappa shape index (κ1) is 19.2. The SMILES string of the molecule is COc1ccc2c(c1)CN1C(=O)/C(=C\c3ccccc3)CC21C(=O)NC(C)(C)C. The lowest BCUT2D eigenvalue weighted by Gasteiger charge is -2.34. The van der Waals surface area contributed by atoms with Crippen LogP contribution < -0.4 is 10.1 Å². The summed E-state index contributed by atoms with van der Waals surface area (Å²) in [5.41, 5.74) is 2.03. The first-order valence-electron chi connectivity index (χ1n) is 9.82. The Labute approximate surface area is 171 Å². The molecule has 0 spiro atoms. The van der Waals surface area contributed by atoms with E-state index in [0.717, 1.165) is 22.4 Å². The molecule has 0 radical (unpaired) electrons. The Bertz CT molecular complexity index is 1000. The summed E-state index contributed by atoms with van der Waals surface area (Å²) in [7, 11) is 1.62. The third-order valence-corrected chi connectivity index (χ3v) is 5.52. The molecule has 5 heteroatoms. The van der Waals surface area contributed by atoms with E-state index in [-0.39, 0.29) is 11.8 Å². The zero-order valence-electron chi connectivity index (χ0n) is 17.3. The summed E-state index contributed by atoms with van der Waals surface area (Å²) in [5.74, 6) is 0.496. The first-order valence-corrected chi connectivity index (χ1v) is 9.82. The van der Waals surface area contributed by atoms with Gasteiger partial charge in [0.15, 0.2) is 5.54 Å². The minimum absolute atomic E-state index is 0.0897. The van der Waals surface area contributed by atoms with Crippen molar-refractivity contribution in [2.45, 2.75) is 44.8 Å². The molecule has 1 atom stereocenters. The molecule has 0 saturated carbocycles. The zero-order valence-corrected chi connectivity index (χ0v) is 17.3. The fourth-order valence-electron chi connectivity index (χ4n) is 4.27. The highest BCUT2D eigenvalue weighted by molar-refractivity contribution is 6.08. The Morgan fingerprint density at radius 3 is 2.55 bits per heavy atom. The quantitative estimate of drug-likeness (QED) is 0.814. The molecule has 2 aromatic carbocycles. The fourth-order valence-corrected chi connectivity index (χ4v) is 4.27. The van der Waals surface area contributed by atoms with Crippen molar-refractivity contribution >= 4 is 17.9 Å². The molecule has 1 unspecified atom stereocenters. The monoisotopic (exact) mass is 390 g/mol. The van der Waals surface area contributed by atoms with E-state index in [0.29, 0.717) is 18.5 Å². The predicted octanol–water partition coefficient (Wildman–Crippen LogP) is 3.63. The maximum absolute atomic E-state index is 13.6. The second kappa shape index (κ2) is 6.76. The van der Waals surface area contributed by atoms with Crippen LogP contribution in [0.3, 0.4) is 0 Å². The second-order valence-corrected chi connectivity index (χ2v) is 8.74. The molecule has 2 aliphatic rings. The van der Waals surface area contributed by atoms with Crippen LogP contribution in [0.2, 0.25) is 0 Å². The van der Waals surface area contributed by atoms with Gasteiger partial charge in [-0.2, -0.15) is 0 Å². The number of methoxy groups -OCH3 is 1. The highest BCUT2D eigenvalue weighted by Gasteiger charge is 2.59. The Hall–Kier alpha value is -3.08. The number of fused-ring (bicyclic) bond motifs is 3. The Kier molecular flexibility index (Phi) is 4.49. The standard InChI is InChI=1S/C24H26N2O3/c1-23(2,3)25-22(28)24-14-17(12-16-8-6-5-7-9-16)21(27)26(24)15-18-13-19(29-4)10-11-20(18)24/h5-13H,14-15H2,1-4H3,(H,25,28)/b17-12-. The number of carbonyl (C=O) groups excluding carboxylic acids is 2. The molecular weight excluding hydrogens is 364 g/mol. The molecule has 0 aromatic heterocycles. The lowest BCUT2D eigenvalue weighted by atomic mass is 9.84. The third kappa shape index (κ3) is 3.20. The minimum Gasteiger partial charge on any atom is -0.497 e. The van der Waals surface area contributed by atoms with Crippen molar-refractivity contribution in [2.24, 2.45) is 0 Å². The van der Waals surface area contributed by atoms with Crippen molar-refractivity contribution in [3.8, 4) is 5.75 Å². The summed E-state index contributed by atoms with van der Waals surface area (Å²) >= 11 is 0. The molecule has 2 aliphatic heterocycles. The Morgan fingerprint density at radius 2 is 1.90 bits per heavy atom. The van der Waals surface area contributed by atoms with Crippen LogP contribution in [-0.2, 0) is 21.7 Å². The van der Waals surface area contributed by atoms with E-state index in [1.807, 2.05) is 75.4 Å². The number of nitrogens with one attached hydrogen (secondary N) is 1. The fraction of sp³-hybridized carbons (Fsp3) is 0.333. The van der Waals surface area contributed by atoms with Gasteiger partial charge in [-0.15, -0.1) is 0 Å². The van der Waals surface area contributed by atoms with Crippen LogP contribution in [0, 0.1) is 0 Å². The molecule has 150 valence electrons. The van der Waals surface area contributed by atoms with E-state index in [2.05, 4.69) is 5.32 Å². The van der Waals surface area contributed by atoms with Crippen LogP contribution in [0.4, 0.5) is 0 Å². The van der Waals surface area contributed by atoms with Gasteiger partial charge >= 0.3 is 0 Å². The highest BCUT2D eigenvalue weighted by atomic mass is 16.5. The van der Waals surface area contributed by atoms with Gasteiger partial charge in [-0.1, -0.05) is 36.4 Å². The molecule has 0 bridgehead atoms. The summed E-state index contributed by atoms with van der Waals surface area (Å²) in [6.07, 6.45) is 2.25. The molecule has 1 N–H and O–H groups in total. The zero-order chi connectivity index (χ0) is 20.8. The molecule has 2 heterocycles. The van der Waals surface area contributed by atoms with E-state index < -0.39 is 11.1 Å². The third-order valence-electron chi connectivity index (χ3n) is 5.52. The van der Waals surface area contributed by atoms with Crippen molar-refractivity contribution in [3.05, 3.63) is 70.8 Å². The number of benzene rings is 2. The molecule has 4 rings (SSSR count). The van der Waals surface area contributed by atoms with Gasteiger partial charge in [0.1, 0.15) is 5.75 Å². The van der Waals surface area contributed by atoms with Gasteiger partial charge in [-0.05, 0) is 55.7 Å². The van der Waals surface area contributed by atoms with E-state index in [1.54, 1.807) is 12.0 Å². The summed E-state index contributed by atoms with van der Waals surface area (Å²) < 4.78 is 5.35. The number of nitrogens with zero attached hydrogens (tertiary/aromatic N) is 1. The molecule has 0 aliphatic carbocycles. The largest absolute Gasteiger partial charge is 0.497 e. The summed E-state index contributed by atoms with van der Waals surface area (Å²) in [5, 5.41) is 3.11. The lowest BCUT2D eigenvalue weighted by molar-refractivity contribution is -0.141. The van der Waals surface area contributed by atoms with Gasteiger partial charge in [0.05, 0.1) is 7.11 Å². The maximum atomic E-state index is 13.6.